The second kappa shape index (κ2) is 4.00. The molecule has 0 saturated carbocycles. The zero-order chi connectivity index (χ0) is 9.90. The van der Waals surface area contributed by atoms with Crippen LogP contribution in [-0.2, 0) is 9.53 Å². The number of alkyl halides is 2. The highest BCUT2D eigenvalue weighted by atomic mass is 19.3. The second-order valence-electron chi connectivity index (χ2n) is 3.14. The summed E-state index contributed by atoms with van der Waals surface area (Å²) < 4.78 is 30.5. The molecule has 1 rings (SSSR count). The summed E-state index contributed by atoms with van der Waals surface area (Å²) in [6, 6.07) is 0. The monoisotopic (exact) mass is 193 g/mol. The lowest BCUT2D eigenvalue weighted by molar-refractivity contribution is -0.178. The summed E-state index contributed by atoms with van der Waals surface area (Å²) in [6.45, 7) is 1.08. The Bertz CT molecular complexity index is 191. The first kappa shape index (κ1) is 10.4. The Hall–Kier alpha value is -0.710. The Labute approximate surface area is 75.4 Å². The van der Waals surface area contributed by atoms with E-state index in [1.165, 1.54) is 0 Å². The van der Waals surface area contributed by atoms with Crippen molar-refractivity contribution in [3.05, 3.63) is 0 Å². The van der Waals surface area contributed by atoms with Crippen molar-refractivity contribution in [3.63, 3.8) is 0 Å². The maximum absolute atomic E-state index is 13.2. The van der Waals surface area contributed by atoms with E-state index in [0.717, 1.165) is 7.11 Å². The van der Waals surface area contributed by atoms with E-state index in [9.17, 15) is 13.6 Å². The Kier molecular flexibility index (Phi) is 3.19. The molecule has 0 unspecified atom stereocenters. The molecule has 3 nitrogen and oxygen atoms in total. The van der Waals surface area contributed by atoms with Crippen LogP contribution in [0.25, 0.3) is 0 Å². The van der Waals surface area contributed by atoms with Gasteiger partial charge < -0.3 is 10.1 Å². The summed E-state index contributed by atoms with van der Waals surface area (Å²) in [4.78, 5) is 10.7. The molecule has 1 N–H and O–H groups in total. The summed E-state index contributed by atoms with van der Waals surface area (Å²) in [5.74, 6) is -5.61. The smallest absolute Gasteiger partial charge is 0.377 e. The Morgan fingerprint density at radius 3 is 2.46 bits per heavy atom. The van der Waals surface area contributed by atoms with Gasteiger partial charge in [-0.25, -0.2) is 4.79 Å². The number of hydrogen-bond acceptors (Lipinski definition) is 3. The normalized spacial score (nSPS) is 19.9. The number of carbonyl (C=O) groups is 1. The lowest BCUT2D eigenvalue weighted by Gasteiger charge is -2.28. The standard InChI is InChI=1S/C8H13F2NO2/c1-13-7(12)8(9,10)6-2-4-11-5-3-6/h6,11H,2-5H2,1H3. The van der Waals surface area contributed by atoms with Gasteiger partial charge >= 0.3 is 11.9 Å². The molecule has 1 aliphatic rings. The van der Waals surface area contributed by atoms with Crippen molar-refractivity contribution in [1.29, 1.82) is 0 Å². The van der Waals surface area contributed by atoms with Crippen LogP contribution in [0.5, 0.6) is 0 Å². The van der Waals surface area contributed by atoms with Crippen molar-refractivity contribution in [2.75, 3.05) is 20.2 Å². The van der Waals surface area contributed by atoms with Gasteiger partial charge in [-0.2, -0.15) is 8.78 Å². The predicted octanol–water partition coefficient (Wildman–Crippen LogP) is 0.794. The number of halogens is 2. The van der Waals surface area contributed by atoms with Crippen molar-refractivity contribution < 1.29 is 18.3 Å². The van der Waals surface area contributed by atoms with Crippen LogP contribution < -0.4 is 5.32 Å². The number of hydrogen-bond donors (Lipinski definition) is 1. The molecular formula is C8H13F2NO2. The van der Waals surface area contributed by atoms with Gasteiger partial charge in [0.25, 0.3) is 0 Å². The summed E-state index contributed by atoms with van der Waals surface area (Å²) in [6.07, 6.45) is 0.643. The van der Waals surface area contributed by atoms with Crippen LogP contribution in [0, 0.1) is 5.92 Å². The molecule has 1 fully saturated rings. The first-order valence-corrected chi connectivity index (χ1v) is 4.26. The minimum absolute atomic E-state index is 0.322. The summed E-state index contributed by atoms with van der Waals surface area (Å²) in [5, 5.41) is 2.96. The number of esters is 1. The number of carbonyl (C=O) groups excluding carboxylic acids is 1. The van der Waals surface area contributed by atoms with Gasteiger partial charge in [0.05, 0.1) is 7.11 Å². The maximum Gasteiger partial charge on any atom is 0.377 e. The van der Waals surface area contributed by atoms with E-state index >= 15 is 0 Å². The highest BCUT2D eigenvalue weighted by Gasteiger charge is 2.48. The van der Waals surface area contributed by atoms with Crippen molar-refractivity contribution in [3.8, 4) is 0 Å². The average Bonchev–Trinajstić information content (AvgIpc) is 2.18. The molecule has 0 bridgehead atoms. The number of nitrogens with one attached hydrogen (secondary N) is 1. The third kappa shape index (κ3) is 2.15. The Morgan fingerprint density at radius 2 is 2.00 bits per heavy atom. The van der Waals surface area contributed by atoms with Gasteiger partial charge in [-0.1, -0.05) is 0 Å². The quantitative estimate of drug-likeness (QED) is 0.659. The number of piperidine rings is 1. The zero-order valence-electron chi connectivity index (χ0n) is 7.48. The van der Waals surface area contributed by atoms with E-state index in [-0.39, 0.29) is 0 Å². The molecule has 0 atom stereocenters. The number of rotatable bonds is 2. The molecule has 1 saturated heterocycles. The molecular weight excluding hydrogens is 180 g/mol. The van der Waals surface area contributed by atoms with Gasteiger partial charge in [0, 0.05) is 5.92 Å². The van der Waals surface area contributed by atoms with Crippen LogP contribution in [0.3, 0.4) is 0 Å². The summed E-state index contributed by atoms with van der Waals surface area (Å²) in [7, 11) is 0.983. The first-order chi connectivity index (χ1) is 6.09. The summed E-state index contributed by atoms with van der Waals surface area (Å²) in [5.41, 5.74) is 0. The van der Waals surface area contributed by atoms with Gasteiger partial charge in [0.2, 0.25) is 0 Å². The third-order valence-corrected chi connectivity index (χ3v) is 2.31. The number of ether oxygens (including phenoxy) is 1. The van der Waals surface area contributed by atoms with Crippen LogP contribution in [0.4, 0.5) is 8.78 Å². The van der Waals surface area contributed by atoms with Crippen molar-refractivity contribution in [1.82, 2.24) is 5.32 Å². The molecule has 1 heterocycles. The van der Waals surface area contributed by atoms with Gasteiger partial charge in [-0.15, -0.1) is 0 Å². The second-order valence-corrected chi connectivity index (χ2v) is 3.14. The molecule has 0 amide bonds. The molecule has 0 aliphatic carbocycles. The minimum Gasteiger partial charge on any atom is -0.465 e. The molecule has 76 valence electrons. The SMILES string of the molecule is COC(=O)C(F)(F)C1CCNCC1. The average molecular weight is 193 g/mol. The van der Waals surface area contributed by atoms with E-state index in [4.69, 9.17) is 0 Å². The predicted molar refractivity (Wildman–Crippen MR) is 42.6 cm³/mol. The highest BCUT2D eigenvalue weighted by Crippen LogP contribution is 2.32. The highest BCUT2D eigenvalue weighted by molar-refractivity contribution is 5.77. The molecule has 0 spiro atoms. The van der Waals surface area contributed by atoms with Crippen LogP contribution in [0.15, 0.2) is 0 Å². The van der Waals surface area contributed by atoms with Crippen LogP contribution in [-0.4, -0.2) is 32.1 Å². The number of methoxy groups -OCH3 is 1. The molecule has 0 aromatic rings. The van der Waals surface area contributed by atoms with E-state index in [2.05, 4.69) is 10.1 Å². The van der Waals surface area contributed by atoms with E-state index in [1.807, 2.05) is 0 Å². The van der Waals surface area contributed by atoms with Gasteiger partial charge in [0.1, 0.15) is 0 Å². The molecule has 5 heteroatoms. The fraction of sp³-hybridized carbons (Fsp3) is 0.875. The fourth-order valence-electron chi connectivity index (χ4n) is 1.49. The fourth-order valence-corrected chi connectivity index (χ4v) is 1.49. The molecule has 0 aromatic heterocycles. The maximum atomic E-state index is 13.2. The topological polar surface area (TPSA) is 38.3 Å². The van der Waals surface area contributed by atoms with Gasteiger partial charge in [0.15, 0.2) is 0 Å². The van der Waals surface area contributed by atoms with Crippen molar-refractivity contribution >= 4 is 5.97 Å². The van der Waals surface area contributed by atoms with E-state index < -0.39 is 17.8 Å². The lowest BCUT2D eigenvalue weighted by atomic mass is 9.91. The van der Waals surface area contributed by atoms with Gasteiger partial charge in [-0.3, -0.25) is 0 Å². The largest absolute Gasteiger partial charge is 0.465 e. The molecule has 13 heavy (non-hydrogen) atoms. The lowest BCUT2D eigenvalue weighted by Crippen LogP contribution is -2.43. The van der Waals surface area contributed by atoms with Gasteiger partial charge in [-0.05, 0) is 25.9 Å². The third-order valence-electron chi connectivity index (χ3n) is 2.31. The van der Waals surface area contributed by atoms with Crippen LogP contribution in [0.2, 0.25) is 0 Å². The zero-order valence-corrected chi connectivity index (χ0v) is 7.48. The van der Waals surface area contributed by atoms with E-state index in [0.29, 0.717) is 25.9 Å². The molecule has 0 aromatic carbocycles. The van der Waals surface area contributed by atoms with E-state index in [1.54, 1.807) is 0 Å². The first-order valence-electron chi connectivity index (χ1n) is 4.26. The minimum atomic E-state index is -3.32. The molecule has 0 radical (unpaired) electrons. The molecule has 1 aliphatic heterocycles. The van der Waals surface area contributed by atoms with Crippen molar-refractivity contribution in [2.24, 2.45) is 5.92 Å². The summed E-state index contributed by atoms with van der Waals surface area (Å²) >= 11 is 0. The van der Waals surface area contributed by atoms with Crippen LogP contribution >= 0.6 is 0 Å². The van der Waals surface area contributed by atoms with Crippen molar-refractivity contribution in [2.45, 2.75) is 18.8 Å². The Morgan fingerprint density at radius 1 is 1.46 bits per heavy atom. The van der Waals surface area contributed by atoms with Crippen LogP contribution in [0.1, 0.15) is 12.8 Å². The Balaban J connectivity index is 2.60.